The second kappa shape index (κ2) is 9.32. The number of carbonyl (C=O) groups excluding carboxylic acids is 2. The second-order valence-electron chi connectivity index (χ2n) is 7.78. The van der Waals surface area contributed by atoms with E-state index in [1.165, 1.54) is 0 Å². The highest BCUT2D eigenvalue weighted by Gasteiger charge is 2.27. The first-order chi connectivity index (χ1) is 13.5. The van der Waals surface area contributed by atoms with Crippen LogP contribution in [0, 0.1) is 12.8 Å². The van der Waals surface area contributed by atoms with Crippen molar-refractivity contribution in [1.29, 1.82) is 0 Å². The van der Waals surface area contributed by atoms with Crippen LogP contribution in [0.25, 0.3) is 0 Å². The molecule has 1 fully saturated rings. The lowest BCUT2D eigenvalue weighted by atomic mass is 9.97. The molecule has 3 rings (SSSR count). The molecule has 0 unspecified atom stereocenters. The van der Waals surface area contributed by atoms with Crippen LogP contribution >= 0.6 is 11.3 Å². The van der Waals surface area contributed by atoms with Crippen molar-refractivity contribution in [3.05, 3.63) is 51.5 Å². The molecule has 0 saturated carbocycles. The van der Waals surface area contributed by atoms with E-state index >= 15 is 0 Å². The van der Waals surface area contributed by atoms with Crippen LogP contribution in [0.5, 0.6) is 0 Å². The van der Waals surface area contributed by atoms with Gasteiger partial charge in [-0.2, -0.15) is 0 Å². The minimum absolute atomic E-state index is 0.00463. The molecule has 0 aliphatic carbocycles. The number of nitrogens with zero attached hydrogens (tertiary/aromatic N) is 2. The van der Waals surface area contributed by atoms with Gasteiger partial charge in [0.2, 0.25) is 5.91 Å². The Hall–Kier alpha value is -2.21. The van der Waals surface area contributed by atoms with Crippen molar-refractivity contribution in [2.75, 3.05) is 19.6 Å². The molecule has 1 N–H and O–H groups in total. The zero-order chi connectivity index (χ0) is 20.1. The Balaban J connectivity index is 1.59. The topological polar surface area (TPSA) is 62.3 Å². The maximum absolute atomic E-state index is 12.9. The third-order valence-electron chi connectivity index (χ3n) is 5.21. The summed E-state index contributed by atoms with van der Waals surface area (Å²) in [6.07, 6.45) is 2.81. The average molecular weight is 400 g/mol. The Labute approximate surface area is 171 Å². The predicted molar refractivity (Wildman–Crippen MR) is 113 cm³/mol. The molecule has 2 heterocycles. The normalized spacial score (nSPS) is 17.0. The Morgan fingerprint density at radius 3 is 2.86 bits per heavy atom. The monoisotopic (exact) mass is 399 g/mol. The number of rotatable bonds is 6. The first-order valence-electron chi connectivity index (χ1n) is 10.0. The van der Waals surface area contributed by atoms with Crippen molar-refractivity contribution < 1.29 is 9.59 Å². The minimum Gasteiger partial charge on any atom is -0.355 e. The lowest BCUT2D eigenvalue weighted by Crippen LogP contribution is -2.39. The highest BCUT2D eigenvalue weighted by molar-refractivity contribution is 7.09. The van der Waals surface area contributed by atoms with Crippen molar-refractivity contribution in [3.8, 4) is 0 Å². The summed E-state index contributed by atoms with van der Waals surface area (Å²) in [6.45, 7) is 7.92. The van der Waals surface area contributed by atoms with Gasteiger partial charge in [-0.1, -0.05) is 32.0 Å². The van der Waals surface area contributed by atoms with E-state index < -0.39 is 0 Å². The molecule has 1 aliphatic rings. The number of carbonyl (C=O) groups is 2. The molecule has 1 aromatic heterocycles. The first-order valence-corrected chi connectivity index (χ1v) is 10.9. The van der Waals surface area contributed by atoms with Gasteiger partial charge >= 0.3 is 0 Å². The molecule has 28 heavy (non-hydrogen) atoms. The predicted octanol–water partition coefficient (Wildman–Crippen LogP) is 3.79. The highest BCUT2D eigenvalue weighted by Crippen LogP contribution is 2.30. The molecule has 1 atom stereocenters. The summed E-state index contributed by atoms with van der Waals surface area (Å²) >= 11 is 1.67. The van der Waals surface area contributed by atoms with Crippen LogP contribution < -0.4 is 5.32 Å². The number of hydrogen-bond acceptors (Lipinski definition) is 4. The maximum atomic E-state index is 12.9. The SMILES string of the molecule is Cc1ccccc1C(=O)N1CCC[C@H](c2nc(CCNC(=O)C(C)C)cs2)C1. The fourth-order valence-electron chi connectivity index (χ4n) is 3.49. The largest absolute Gasteiger partial charge is 0.355 e. The average Bonchev–Trinajstić information content (AvgIpc) is 3.17. The molecule has 0 bridgehead atoms. The molecule has 1 aromatic carbocycles. The number of benzene rings is 1. The number of likely N-dealkylation sites (tertiary alicyclic amines) is 1. The number of amides is 2. The molecule has 2 amide bonds. The van der Waals surface area contributed by atoms with Crippen LogP contribution in [-0.2, 0) is 11.2 Å². The van der Waals surface area contributed by atoms with E-state index in [1.807, 2.05) is 49.9 Å². The zero-order valence-electron chi connectivity index (χ0n) is 16.9. The number of hydrogen-bond donors (Lipinski definition) is 1. The van der Waals surface area contributed by atoms with Crippen LogP contribution in [0.15, 0.2) is 29.6 Å². The van der Waals surface area contributed by atoms with E-state index in [9.17, 15) is 9.59 Å². The summed E-state index contributed by atoms with van der Waals surface area (Å²) in [5.74, 6) is 0.500. The van der Waals surface area contributed by atoms with Gasteiger partial charge in [0.1, 0.15) is 0 Å². The van der Waals surface area contributed by atoms with Gasteiger partial charge in [0, 0.05) is 48.8 Å². The molecule has 0 radical (unpaired) electrons. The summed E-state index contributed by atoms with van der Waals surface area (Å²) in [7, 11) is 0. The Bertz CT molecular complexity index is 831. The van der Waals surface area contributed by atoms with Crippen molar-refractivity contribution >= 4 is 23.2 Å². The van der Waals surface area contributed by atoms with Gasteiger partial charge in [0.25, 0.3) is 5.91 Å². The summed E-state index contributed by atoms with van der Waals surface area (Å²) in [6, 6.07) is 7.78. The summed E-state index contributed by atoms with van der Waals surface area (Å²) in [5.41, 5.74) is 2.84. The molecule has 5 nitrogen and oxygen atoms in total. The number of aryl methyl sites for hydroxylation is 1. The number of nitrogens with one attached hydrogen (secondary N) is 1. The van der Waals surface area contributed by atoms with E-state index in [-0.39, 0.29) is 17.7 Å². The van der Waals surface area contributed by atoms with Crippen LogP contribution in [0.1, 0.15) is 59.2 Å². The summed E-state index contributed by atoms with van der Waals surface area (Å²) < 4.78 is 0. The standard InChI is InChI=1S/C22H29N3O2S/c1-15(2)20(26)23-11-10-18-14-28-21(24-18)17-8-6-12-25(13-17)22(27)19-9-5-4-7-16(19)3/h4-5,7,9,14-15,17H,6,8,10-13H2,1-3H3,(H,23,26)/t17-/m0/s1. The maximum Gasteiger partial charge on any atom is 0.254 e. The number of aromatic nitrogens is 1. The fourth-order valence-corrected chi connectivity index (χ4v) is 4.47. The molecule has 2 aromatic rings. The van der Waals surface area contributed by atoms with E-state index in [0.717, 1.165) is 54.2 Å². The van der Waals surface area contributed by atoms with E-state index in [2.05, 4.69) is 10.7 Å². The van der Waals surface area contributed by atoms with Crippen LogP contribution in [0.4, 0.5) is 0 Å². The van der Waals surface area contributed by atoms with Crippen molar-refractivity contribution in [3.63, 3.8) is 0 Å². The van der Waals surface area contributed by atoms with Crippen LogP contribution in [0.2, 0.25) is 0 Å². The van der Waals surface area contributed by atoms with E-state index in [1.54, 1.807) is 11.3 Å². The Kier molecular flexibility index (Phi) is 6.83. The highest BCUT2D eigenvalue weighted by atomic mass is 32.1. The van der Waals surface area contributed by atoms with Crippen molar-refractivity contribution in [2.45, 2.75) is 46.0 Å². The van der Waals surface area contributed by atoms with Gasteiger partial charge in [-0.3, -0.25) is 9.59 Å². The van der Waals surface area contributed by atoms with Crippen molar-refractivity contribution in [1.82, 2.24) is 15.2 Å². The molecular weight excluding hydrogens is 370 g/mol. The van der Waals surface area contributed by atoms with Gasteiger partial charge in [0.15, 0.2) is 0 Å². The van der Waals surface area contributed by atoms with Crippen molar-refractivity contribution in [2.24, 2.45) is 5.92 Å². The first kappa shape index (κ1) is 20.5. The molecule has 150 valence electrons. The molecule has 6 heteroatoms. The Morgan fingerprint density at radius 1 is 1.32 bits per heavy atom. The lowest BCUT2D eigenvalue weighted by Gasteiger charge is -2.32. The fraction of sp³-hybridized carbons (Fsp3) is 0.500. The molecule has 1 aliphatic heterocycles. The molecular formula is C22H29N3O2S. The lowest BCUT2D eigenvalue weighted by molar-refractivity contribution is -0.123. The van der Waals surface area contributed by atoms with Gasteiger partial charge in [-0.15, -0.1) is 11.3 Å². The van der Waals surface area contributed by atoms with Gasteiger partial charge in [-0.05, 0) is 31.4 Å². The van der Waals surface area contributed by atoms with Gasteiger partial charge in [-0.25, -0.2) is 4.98 Å². The smallest absolute Gasteiger partial charge is 0.254 e. The van der Waals surface area contributed by atoms with E-state index in [0.29, 0.717) is 12.5 Å². The third kappa shape index (κ3) is 4.98. The quantitative estimate of drug-likeness (QED) is 0.804. The van der Waals surface area contributed by atoms with E-state index in [4.69, 9.17) is 4.98 Å². The second-order valence-corrected chi connectivity index (χ2v) is 8.67. The summed E-state index contributed by atoms with van der Waals surface area (Å²) in [4.78, 5) is 31.4. The van der Waals surface area contributed by atoms with Crippen LogP contribution in [0.3, 0.4) is 0 Å². The number of piperidine rings is 1. The van der Waals surface area contributed by atoms with Gasteiger partial charge < -0.3 is 10.2 Å². The number of thiazole rings is 1. The minimum atomic E-state index is 0.00463. The summed E-state index contributed by atoms with van der Waals surface area (Å²) in [5, 5.41) is 6.12. The Morgan fingerprint density at radius 2 is 2.11 bits per heavy atom. The molecule has 0 spiro atoms. The van der Waals surface area contributed by atoms with Crippen LogP contribution in [-0.4, -0.2) is 41.3 Å². The van der Waals surface area contributed by atoms with Gasteiger partial charge in [0.05, 0.1) is 10.7 Å². The zero-order valence-corrected chi connectivity index (χ0v) is 17.7. The molecule has 1 saturated heterocycles. The third-order valence-corrected chi connectivity index (χ3v) is 6.26.